The Morgan fingerprint density at radius 1 is 0.968 bits per heavy atom. The summed E-state index contributed by atoms with van der Waals surface area (Å²) in [7, 11) is 1.59. The van der Waals surface area contributed by atoms with Crippen LogP contribution < -0.4 is 0 Å². The lowest BCUT2D eigenvalue weighted by Crippen LogP contribution is -2.57. The van der Waals surface area contributed by atoms with Gasteiger partial charge in [0, 0.05) is 13.7 Å². The maximum absolute atomic E-state index is 9.32. The van der Waals surface area contributed by atoms with Crippen molar-refractivity contribution in [2.75, 3.05) is 27.1 Å². The molecule has 174 valence electrons. The maximum Gasteiger partial charge on any atom is 0.164 e. The van der Waals surface area contributed by atoms with Gasteiger partial charge in [0.1, 0.15) is 43.4 Å². The summed E-state index contributed by atoms with van der Waals surface area (Å²) in [5, 5.41) is 9.32. The molecule has 0 unspecified atom stereocenters. The molecule has 0 saturated carbocycles. The summed E-state index contributed by atoms with van der Waals surface area (Å²) < 4.78 is 42.3. The molecule has 0 radical (unpaired) electrons. The van der Waals surface area contributed by atoms with E-state index in [0.29, 0.717) is 26.1 Å². The first-order valence-corrected chi connectivity index (χ1v) is 11.0. The Bertz CT molecular complexity index is 683. The molecule has 1 aromatic carbocycles. The summed E-state index contributed by atoms with van der Waals surface area (Å²) in [4.78, 5) is 0. The second-order valence-corrected chi connectivity index (χ2v) is 8.75. The fourth-order valence-corrected chi connectivity index (χ4v) is 4.69. The predicted molar refractivity (Wildman–Crippen MR) is 110 cm³/mol. The number of ether oxygens (including phenoxy) is 7. The molecule has 0 spiro atoms. The molecule has 0 aromatic heterocycles. The Kier molecular flexibility index (Phi) is 7.61. The van der Waals surface area contributed by atoms with Gasteiger partial charge in [-0.2, -0.15) is 0 Å². The van der Waals surface area contributed by atoms with Gasteiger partial charge in [0.15, 0.2) is 5.79 Å². The number of methoxy groups -OCH3 is 1. The molecule has 7 atom stereocenters. The first-order chi connectivity index (χ1) is 15.0. The topological polar surface area (TPSA) is 84.8 Å². The Labute approximate surface area is 183 Å². The molecule has 3 saturated heterocycles. The maximum atomic E-state index is 9.32. The van der Waals surface area contributed by atoms with Gasteiger partial charge < -0.3 is 38.3 Å². The zero-order valence-corrected chi connectivity index (χ0v) is 18.5. The lowest BCUT2D eigenvalue weighted by molar-refractivity contribution is -0.195. The largest absolute Gasteiger partial charge is 0.396 e. The van der Waals surface area contributed by atoms with Crippen LogP contribution in [0.3, 0.4) is 0 Å². The van der Waals surface area contributed by atoms with Crippen LogP contribution in [0.15, 0.2) is 30.3 Å². The summed E-state index contributed by atoms with van der Waals surface area (Å²) in [5.74, 6) is -0.723. The van der Waals surface area contributed by atoms with Gasteiger partial charge in [-0.15, -0.1) is 0 Å². The number of hydrogen-bond donors (Lipinski definition) is 1. The molecule has 3 aliphatic rings. The van der Waals surface area contributed by atoms with E-state index in [0.717, 1.165) is 5.56 Å². The predicted octanol–water partition coefficient (Wildman–Crippen LogP) is 2.02. The zero-order valence-electron chi connectivity index (χ0n) is 18.5. The second kappa shape index (κ2) is 10.2. The van der Waals surface area contributed by atoms with Crippen LogP contribution in [0.1, 0.15) is 32.3 Å². The average Bonchev–Trinajstić information content (AvgIpc) is 3.27. The van der Waals surface area contributed by atoms with Crippen molar-refractivity contribution < 1.29 is 38.3 Å². The minimum Gasteiger partial charge on any atom is -0.396 e. The van der Waals surface area contributed by atoms with Crippen molar-refractivity contribution in [1.29, 1.82) is 0 Å². The molecular weight excluding hydrogens is 404 g/mol. The lowest BCUT2D eigenvalue weighted by atomic mass is 9.91. The van der Waals surface area contributed by atoms with Crippen molar-refractivity contribution in [3.8, 4) is 0 Å². The normalized spacial score (nSPS) is 36.3. The third-order valence-electron chi connectivity index (χ3n) is 5.95. The van der Waals surface area contributed by atoms with Gasteiger partial charge in [-0.05, 0) is 32.3 Å². The van der Waals surface area contributed by atoms with Crippen LogP contribution in [0.5, 0.6) is 0 Å². The van der Waals surface area contributed by atoms with Crippen LogP contribution in [-0.2, 0) is 39.8 Å². The van der Waals surface area contributed by atoms with E-state index in [9.17, 15) is 5.11 Å². The summed E-state index contributed by atoms with van der Waals surface area (Å²) in [6.45, 7) is 4.89. The summed E-state index contributed by atoms with van der Waals surface area (Å²) in [6, 6.07) is 10.0. The third kappa shape index (κ3) is 5.29. The third-order valence-corrected chi connectivity index (χ3v) is 5.95. The first-order valence-electron chi connectivity index (χ1n) is 11.0. The molecule has 31 heavy (non-hydrogen) atoms. The zero-order chi connectivity index (χ0) is 21.8. The molecular formula is C23H34O8. The van der Waals surface area contributed by atoms with Crippen LogP contribution in [-0.4, -0.2) is 80.7 Å². The van der Waals surface area contributed by atoms with E-state index in [1.165, 1.54) is 0 Å². The fraction of sp³-hybridized carbons (Fsp3) is 0.739. The van der Waals surface area contributed by atoms with Gasteiger partial charge in [0.25, 0.3) is 0 Å². The monoisotopic (exact) mass is 438 g/mol. The number of aliphatic hydroxyl groups is 1. The number of hydrogen-bond acceptors (Lipinski definition) is 8. The van der Waals surface area contributed by atoms with Gasteiger partial charge in [-0.1, -0.05) is 30.3 Å². The Morgan fingerprint density at radius 3 is 2.45 bits per heavy atom. The Balaban J connectivity index is 1.47. The second-order valence-electron chi connectivity index (χ2n) is 8.75. The van der Waals surface area contributed by atoms with E-state index in [1.54, 1.807) is 7.11 Å². The highest BCUT2D eigenvalue weighted by Gasteiger charge is 2.61. The van der Waals surface area contributed by atoms with E-state index in [2.05, 4.69) is 0 Å². The van der Waals surface area contributed by atoms with Crippen molar-refractivity contribution in [3.63, 3.8) is 0 Å². The number of aliphatic hydroxyl groups excluding tert-OH is 1. The van der Waals surface area contributed by atoms with Gasteiger partial charge in [0.05, 0.1) is 19.3 Å². The molecule has 0 bridgehead atoms. The first kappa shape index (κ1) is 23.1. The van der Waals surface area contributed by atoms with Crippen molar-refractivity contribution in [3.05, 3.63) is 35.9 Å². The molecule has 3 aliphatic heterocycles. The van der Waals surface area contributed by atoms with Crippen molar-refractivity contribution >= 4 is 0 Å². The number of benzene rings is 1. The minimum atomic E-state index is -0.723. The molecule has 8 nitrogen and oxygen atoms in total. The van der Waals surface area contributed by atoms with Crippen LogP contribution in [0.2, 0.25) is 0 Å². The molecule has 4 rings (SSSR count). The van der Waals surface area contributed by atoms with Crippen molar-refractivity contribution in [2.24, 2.45) is 0 Å². The van der Waals surface area contributed by atoms with Crippen molar-refractivity contribution in [1.82, 2.24) is 0 Å². The Morgan fingerprint density at radius 2 is 1.71 bits per heavy atom. The highest BCUT2D eigenvalue weighted by molar-refractivity contribution is 5.13. The van der Waals surface area contributed by atoms with Gasteiger partial charge in [-0.25, -0.2) is 0 Å². The molecule has 1 N–H and O–H groups in total. The summed E-state index contributed by atoms with van der Waals surface area (Å²) in [5.41, 5.74) is 1.10. The SMILES string of the molecule is COCO[C@@H]1[C@@H]2O[C@@H](CCCO)[C@@H]3OC(C)(C)O[C@@H]3[C@@H]2O[C@@H]1COCc1ccccc1. The van der Waals surface area contributed by atoms with E-state index in [4.69, 9.17) is 33.2 Å². The summed E-state index contributed by atoms with van der Waals surface area (Å²) in [6.07, 6.45) is -0.770. The summed E-state index contributed by atoms with van der Waals surface area (Å²) >= 11 is 0. The van der Waals surface area contributed by atoms with Gasteiger partial charge in [0.2, 0.25) is 0 Å². The van der Waals surface area contributed by atoms with E-state index in [1.807, 2.05) is 44.2 Å². The Hall–Kier alpha value is -1.10. The molecule has 0 aliphatic carbocycles. The standard InChI is InChI=1S/C23H34O8/c1-23(2)30-19-16(10-7-11-24)28-20-18(27-14-25-3)17(29-21(20)22(19)31-23)13-26-12-15-8-5-4-6-9-15/h4-6,8-9,16-22,24H,7,10-14H2,1-3H3/t16-,17+,18-,19-,20-,21+,22-/m0/s1. The van der Waals surface area contributed by atoms with Crippen LogP contribution in [0, 0.1) is 0 Å². The van der Waals surface area contributed by atoms with Crippen LogP contribution in [0.4, 0.5) is 0 Å². The van der Waals surface area contributed by atoms with E-state index in [-0.39, 0.29) is 56.1 Å². The molecule has 1 aromatic rings. The van der Waals surface area contributed by atoms with E-state index < -0.39 is 5.79 Å². The molecule has 0 amide bonds. The number of rotatable bonds is 10. The number of fused-ring (bicyclic) bond motifs is 3. The highest BCUT2D eigenvalue weighted by atomic mass is 16.8. The molecule has 3 fully saturated rings. The fourth-order valence-electron chi connectivity index (χ4n) is 4.69. The molecule has 3 heterocycles. The average molecular weight is 439 g/mol. The van der Waals surface area contributed by atoms with Crippen LogP contribution >= 0.6 is 0 Å². The quantitative estimate of drug-likeness (QED) is 0.556. The van der Waals surface area contributed by atoms with Gasteiger partial charge >= 0.3 is 0 Å². The highest BCUT2D eigenvalue weighted by Crippen LogP contribution is 2.44. The lowest BCUT2D eigenvalue weighted by Gasteiger charge is -2.39. The smallest absolute Gasteiger partial charge is 0.164 e. The molecule has 8 heteroatoms. The van der Waals surface area contributed by atoms with Gasteiger partial charge in [-0.3, -0.25) is 0 Å². The van der Waals surface area contributed by atoms with Crippen LogP contribution in [0.25, 0.3) is 0 Å². The minimum absolute atomic E-state index is 0.103. The van der Waals surface area contributed by atoms with E-state index >= 15 is 0 Å². The van der Waals surface area contributed by atoms with Crippen molar-refractivity contribution in [2.45, 2.75) is 81.8 Å².